The SMILES string of the molecule is CCCNC(C)c1ccc(N(C)CC(O)COC)c(F)c1. The number of methoxy groups -OCH3 is 1. The number of aliphatic hydroxyl groups excluding tert-OH is 1. The summed E-state index contributed by atoms with van der Waals surface area (Å²) in [4.78, 5) is 1.70. The quantitative estimate of drug-likeness (QED) is 0.734. The first-order valence-electron chi connectivity index (χ1n) is 7.40. The predicted octanol–water partition coefficient (Wildman–Crippen LogP) is 2.33. The zero-order valence-electron chi connectivity index (χ0n) is 13.4. The molecule has 0 aromatic heterocycles. The Kier molecular flexibility index (Phi) is 7.64. The van der Waals surface area contributed by atoms with Gasteiger partial charge in [-0.3, -0.25) is 0 Å². The number of likely N-dealkylation sites (N-methyl/N-ethyl adjacent to an activating group) is 1. The Balaban J connectivity index is 2.73. The number of benzene rings is 1. The summed E-state index contributed by atoms with van der Waals surface area (Å²) in [5.41, 5.74) is 1.41. The highest BCUT2D eigenvalue weighted by molar-refractivity contribution is 5.49. The van der Waals surface area contributed by atoms with Gasteiger partial charge in [-0.1, -0.05) is 13.0 Å². The summed E-state index contributed by atoms with van der Waals surface area (Å²) in [7, 11) is 3.29. The van der Waals surface area contributed by atoms with E-state index in [2.05, 4.69) is 12.2 Å². The zero-order valence-corrected chi connectivity index (χ0v) is 13.4. The van der Waals surface area contributed by atoms with E-state index >= 15 is 0 Å². The molecule has 4 nitrogen and oxygen atoms in total. The minimum Gasteiger partial charge on any atom is -0.389 e. The van der Waals surface area contributed by atoms with Gasteiger partial charge >= 0.3 is 0 Å². The van der Waals surface area contributed by atoms with Gasteiger partial charge in [0.25, 0.3) is 0 Å². The lowest BCUT2D eigenvalue weighted by molar-refractivity contribution is 0.0694. The summed E-state index contributed by atoms with van der Waals surface area (Å²) in [5, 5.41) is 13.0. The van der Waals surface area contributed by atoms with E-state index in [4.69, 9.17) is 4.74 Å². The van der Waals surface area contributed by atoms with Crippen LogP contribution in [0, 0.1) is 5.82 Å². The second-order valence-corrected chi connectivity index (χ2v) is 5.38. The zero-order chi connectivity index (χ0) is 15.8. The maximum atomic E-state index is 14.2. The fraction of sp³-hybridized carbons (Fsp3) is 0.625. The van der Waals surface area contributed by atoms with Crippen molar-refractivity contribution in [2.45, 2.75) is 32.4 Å². The molecule has 0 radical (unpaired) electrons. The highest BCUT2D eigenvalue weighted by Crippen LogP contribution is 2.23. The Morgan fingerprint density at radius 3 is 2.71 bits per heavy atom. The van der Waals surface area contributed by atoms with Gasteiger partial charge in [0, 0.05) is 26.7 Å². The first-order valence-corrected chi connectivity index (χ1v) is 7.40. The van der Waals surface area contributed by atoms with Crippen LogP contribution in [0.1, 0.15) is 31.9 Å². The summed E-state index contributed by atoms with van der Waals surface area (Å²) in [6.07, 6.45) is 0.412. The summed E-state index contributed by atoms with van der Waals surface area (Å²) in [6, 6.07) is 5.36. The monoisotopic (exact) mass is 298 g/mol. The van der Waals surface area contributed by atoms with E-state index in [1.807, 2.05) is 13.0 Å². The van der Waals surface area contributed by atoms with Crippen LogP contribution in [0.5, 0.6) is 0 Å². The maximum Gasteiger partial charge on any atom is 0.146 e. The van der Waals surface area contributed by atoms with Gasteiger partial charge in [0.05, 0.1) is 18.4 Å². The number of nitrogens with one attached hydrogen (secondary N) is 1. The molecular formula is C16H27FN2O2. The molecule has 2 unspecified atom stereocenters. The van der Waals surface area contributed by atoms with E-state index in [0.29, 0.717) is 12.2 Å². The minimum atomic E-state index is -0.635. The average Bonchev–Trinajstić information content (AvgIpc) is 2.44. The standard InChI is InChI=1S/C16H27FN2O2/c1-5-8-18-12(2)13-6-7-16(15(17)9-13)19(3)10-14(20)11-21-4/h6-7,9,12,14,18,20H,5,8,10-11H2,1-4H3. The molecule has 1 rings (SSSR count). The van der Waals surface area contributed by atoms with Crippen LogP contribution in [0.4, 0.5) is 10.1 Å². The van der Waals surface area contributed by atoms with Gasteiger partial charge in [0.15, 0.2) is 0 Å². The molecule has 21 heavy (non-hydrogen) atoms. The largest absolute Gasteiger partial charge is 0.389 e. The molecule has 0 aliphatic rings. The Morgan fingerprint density at radius 1 is 1.43 bits per heavy atom. The molecule has 2 atom stereocenters. The van der Waals surface area contributed by atoms with E-state index in [1.54, 1.807) is 24.1 Å². The van der Waals surface area contributed by atoms with Crippen LogP contribution >= 0.6 is 0 Å². The third-order valence-electron chi connectivity index (χ3n) is 3.43. The molecule has 0 aliphatic heterocycles. The van der Waals surface area contributed by atoms with Crippen molar-refractivity contribution in [1.82, 2.24) is 5.32 Å². The average molecular weight is 298 g/mol. The predicted molar refractivity (Wildman–Crippen MR) is 84.3 cm³/mol. The fourth-order valence-electron chi connectivity index (χ4n) is 2.24. The third kappa shape index (κ3) is 5.61. The minimum absolute atomic E-state index is 0.123. The second-order valence-electron chi connectivity index (χ2n) is 5.38. The molecule has 5 heteroatoms. The smallest absolute Gasteiger partial charge is 0.146 e. The van der Waals surface area contributed by atoms with Gasteiger partial charge in [0.2, 0.25) is 0 Å². The van der Waals surface area contributed by atoms with Gasteiger partial charge in [-0.2, -0.15) is 0 Å². The number of hydrogen-bond donors (Lipinski definition) is 2. The second kappa shape index (κ2) is 8.97. The van der Waals surface area contributed by atoms with Crippen molar-refractivity contribution >= 4 is 5.69 Å². The van der Waals surface area contributed by atoms with Crippen LogP contribution in [0.2, 0.25) is 0 Å². The molecule has 0 aliphatic carbocycles. The molecule has 1 aromatic carbocycles. The highest BCUT2D eigenvalue weighted by atomic mass is 19.1. The first-order chi connectivity index (χ1) is 9.99. The lowest BCUT2D eigenvalue weighted by Crippen LogP contribution is -2.32. The number of halogens is 1. The number of anilines is 1. The van der Waals surface area contributed by atoms with Crippen LogP contribution in [0.25, 0.3) is 0 Å². The highest BCUT2D eigenvalue weighted by Gasteiger charge is 2.14. The third-order valence-corrected chi connectivity index (χ3v) is 3.43. The molecule has 2 N–H and O–H groups in total. The van der Waals surface area contributed by atoms with Gasteiger partial charge in [-0.25, -0.2) is 4.39 Å². The van der Waals surface area contributed by atoms with Crippen molar-refractivity contribution in [2.75, 3.05) is 38.8 Å². The van der Waals surface area contributed by atoms with Crippen molar-refractivity contribution in [1.29, 1.82) is 0 Å². The van der Waals surface area contributed by atoms with E-state index in [1.165, 1.54) is 7.11 Å². The molecule has 0 bridgehead atoms. The number of aliphatic hydroxyl groups is 1. The van der Waals surface area contributed by atoms with Gasteiger partial charge in [0.1, 0.15) is 5.82 Å². The Morgan fingerprint density at radius 2 is 2.14 bits per heavy atom. The van der Waals surface area contributed by atoms with E-state index < -0.39 is 6.10 Å². The van der Waals surface area contributed by atoms with Crippen LogP contribution < -0.4 is 10.2 Å². The summed E-state index contributed by atoms with van der Waals surface area (Å²) < 4.78 is 19.1. The van der Waals surface area contributed by atoms with E-state index in [9.17, 15) is 9.50 Å². The van der Waals surface area contributed by atoms with Crippen LogP contribution in [-0.2, 0) is 4.74 Å². The Hall–Kier alpha value is -1.17. The fourth-order valence-corrected chi connectivity index (χ4v) is 2.24. The molecule has 120 valence electrons. The maximum absolute atomic E-state index is 14.2. The van der Waals surface area contributed by atoms with Gasteiger partial charge in [-0.15, -0.1) is 0 Å². The van der Waals surface area contributed by atoms with Crippen molar-refractivity contribution in [2.24, 2.45) is 0 Å². The molecule has 0 heterocycles. The normalized spacial score (nSPS) is 14.0. The van der Waals surface area contributed by atoms with Crippen molar-refractivity contribution in [3.63, 3.8) is 0 Å². The van der Waals surface area contributed by atoms with E-state index in [0.717, 1.165) is 18.5 Å². The first kappa shape index (κ1) is 17.9. The lowest BCUT2D eigenvalue weighted by Gasteiger charge is -2.24. The molecule has 0 spiro atoms. The van der Waals surface area contributed by atoms with E-state index in [-0.39, 0.29) is 18.5 Å². The van der Waals surface area contributed by atoms with Crippen molar-refractivity contribution in [3.05, 3.63) is 29.6 Å². The molecule has 0 saturated carbocycles. The number of hydrogen-bond acceptors (Lipinski definition) is 4. The summed E-state index contributed by atoms with van der Waals surface area (Å²) >= 11 is 0. The lowest BCUT2D eigenvalue weighted by atomic mass is 10.1. The topological polar surface area (TPSA) is 44.7 Å². The molecule has 0 amide bonds. The summed E-state index contributed by atoms with van der Waals surface area (Å²) in [5.74, 6) is -0.273. The van der Waals surface area contributed by atoms with Gasteiger partial charge in [-0.05, 0) is 37.6 Å². The summed E-state index contributed by atoms with van der Waals surface area (Å²) in [6.45, 7) is 5.60. The Bertz CT molecular complexity index is 429. The van der Waals surface area contributed by atoms with Gasteiger partial charge < -0.3 is 20.1 Å². The number of nitrogens with zero attached hydrogens (tertiary/aromatic N) is 1. The van der Waals surface area contributed by atoms with Crippen molar-refractivity contribution in [3.8, 4) is 0 Å². The molecule has 1 aromatic rings. The molecular weight excluding hydrogens is 271 g/mol. The number of ether oxygens (including phenoxy) is 1. The molecule has 0 fully saturated rings. The van der Waals surface area contributed by atoms with Crippen molar-refractivity contribution < 1.29 is 14.2 Å². The Labute approximate surface area is 126 Å². The molecule has 0 saturated heterocycles. The van der Waals surface area contributed by atoms with Crippen LogP contribution in [0.15, 0.2) is 18.2 Å². The van der Waals surface area contributed by atoms with Crippen LogP contribution in [-0.4, -0.2) is 45.1 Å². The number of rotatable bonds is 9. The van der Waals surface area contributed by atoms with Crippen LogP contribution in [0.3, 0.4) is 0 Å².